The third-order valence-corrected chi connectivity index (χ3v) is 3.62. The van der Waals surface area contributed by atoms with Crippen molar-refractivity contribution in [2.75, 3.05) is 13.2 Å². The molecule has 8 nitrogen and oxygen atoms in total. The van der Waals surface area contributed by atoms with Crippen molar-refractivity contribution in [3.8, 4) is 5.75 Å². The molecule has 9 heteroatoms. The SMILES string of the molecule is Cc1nc(CNC(=O)NCCOc2ccc([N+](=O)[O-])cc2)cs1. The summed E-state index contributed by atoms with van der Waals surface area (Å²) >= 11 is 1.53. The van der Waals surface area contributed by atoms with Crippen molar-refractivity contribution >= 4 is 23.1 Å². The fraction of sp³-hybridized carbons (Fsp3) is 0.286. The maximum atomic E-state index is 11.6. The molecule has 1 aromatic heterocycles. The highest BCUT2D eigenvalue weighted by Crippen LogP contribution is 2.16. The first-order valence-electron chi connectivity index (χ1n) is 6.84. The Hall–Kier alpha value is -2.68. The summed E-state index contributed by atoms with van der Waals surface area (Å²) in [4.78, 5) is 25.9. The van der Waals surface area contributed by atoms with Crippen LogP contribution in [0.15, 0.2) is 29.6 Å². The molecular weight excluding hydrogens is 320 g/mol. The number of nitro benzene ring substituents is 1. The number of benzene rings is 1. The summed E-state index contributed by atoms with van der Waals surface area (Å²) in [5, 5.41) is 18.7. The Morgan fingerprint density at radius 2 is 2.09 bits per heavy atom. The van der Waals surface area contributed by atoms with Gasteiger partial charge in [0.05, 0.1) is 28.7 Å². The Morgan fingerprint density at radius 3 is 2.70 bits per heavy atom. The minimum Gasteiger partial charge on any atom is -0.492 e. The minimum atomic E-state index is -0.473. The van der Waals surface area contributed by atoms with Gasteiger partial charge in [-0.25, -0.2) is 9.78 Å². The van der Waals surface area contributed by atoms with Gasteiger partial charge < -0.3 is 15.4 Å². The van der Waals surface area contributed by atoms with Crippen molar-refractivity contribution < 1.29 is 14.5 Å². The third-order valence-electron chi connectivity index (χ3n) is 2.80. The molecule has 0 aliphatic carbocycles. The van der Waals surface area contributed by atoms with E-state index in [1.165, 1.54) is 35.6 Å². The van der Waals surface area contributed by atoms with Crippen LogP contribution in [0.4, 0.5) is 10.5 Å². The Bertz CT molecular complexity index is 672. The molecule has 23 heavy (non-hydrogen) atoms. The molecule has 1 heterocycles. The molecule has 0 unspecified atom stereocenters. The van der Waals surface area contributed by atoms with Crippen LogP contribution < -0.4 is 15.4 Å². The summed E-state index contributed by atoms with van der Waals surface area (Å²) in [5.41, 5.74) is 0.830. The van der Waals surface area contributed by atoms with Gasteiger partial charge in [-0.1, -0.05) is 0 Å². The number of hydrogen-bond acceptors (Lipinski definition) is 6. The first-order valence-corrected chi connectivity index (χ1v) is 7.72. The highest BCUT2D eigenvalue weighted by molar-refractivity contribution is 7.09. The number of thiazole rings is 1. The monoisotopic (exact) mass is 336 g/mol. The smallest absolute Gasteiger partial charge is 0.315 e. The van der Waals surface area contributed by atoms with E-state index in [2.05, 4.69) is 15.6 Å². The summed E-state index contributed by atoms with van der Waals surface area (Å²) in [7, 11) is 0. The van der Waals surface area contributed by atoms with Gasteiger partial charge in [-0.2, -0.15) is 0 Å². The number of ether oxygens (including phenoxy) is 1. The van der Waals surface area contributed by atoms with Crippen LogP contribution in [0.2, 0.25) is 0 Å². The lowest BCUT2D eigenvalue weighted by Gasteiger charge is -2.08. The Labute approximate surface area is 136 Å². The van der Waals surface area contributed by atoms with E-state index in [4.69, 9.17) is 4.74 Å². The molecule has 0 bridgehead atoms. The highest BCUT2D eigenvalue weighted by atomic mass is 32.1. The summed E-state index contributed by atoms with van der Waals surface area (Å²) in [6, 6.07) is 5.46. The predicted octanol–water partition coefficient (Wildman–Crippen LogP) is 2.24. The Balaban J connectivity index is 1.62. The van der Waals surface area contributed by atoms with Crippen LogP contribution in [0.5, 0.6) is 5.75 Å². The normalized spacial score (nSPS) is 10.1. The van der Waals surface area contributed by atoms with Crippen molar-refractivity contribution in [2.45, 2.75) is 13.5 Å². The topological polar surface area (TPSA) is 106 Å². The van der Waals surface area contributed by atoms with E-state index in [1.807, 2.05) is 12.3 Å². The van der Waals surface area contributed by atoms with Crippen molar-refractivity contribution in [1.82, 2.24) is 15.6 Å². The van der Waals surface area contributed by atoms with Crippen LogP contribution in [0.3, 0.4) is 0 Å². The number of carbonyl (C=O) groups excluding carboxylic acids is 1. The molecule has 0 aliphatic rings. The van der Waals surface area contributed by atoms with E-state index in [-0.39, 0.29) is 18.3 Å². The number of hydrogen-bond donors (Lipinski definition) is 2. The van der Waals surface area contributed by atoms with Crippen molar-refractivity contribution in [1.29, 1.82) is 0 Å². The molecule has 2 amide bonds. The number of amides is 2. The number of nitro groups is 1. The zero-order valence-corrected chi connectivity index (χ0v) is 13.3. The standard InChI is InChI=1S/C14H16N4O4S/c1-10-17-11(9-23-10)8-16-14(19)15-6-7-22-13-4-2-12(3-5-13)18(20)21/h2-5,9H,6-8H2,1H3,(H2,15,16,19). The van der Waals surface area contributed by atoms with E-state index < -0.39 is 4.92 Å². The largest absolute Gasteiger partial charge is 0.492 e. The first-order chi connectivity index (χ1) is 11.0. The zero-order chi connectivity index (χ0) is 16.7. The number of carbonyl (C=O) groups is 1. The van der Waals surface area contributed by atoms with Crippen molar-refractivity contribution in [2.24, 2.45) is 0 Å². The molecule has 1 aromatic carbocycles. The number of aryl methyl sites for hydroxylation is 1. The Kier molecular flexibility index (Phi) is 5.87. The lowest BCUT2D eigenvalue weighted by atomic mass is 10.3. The lowest BCUT2D eigenvalue weighted by Crippen LogP contribution is -2.37. The van der Waals surface area contributed by atoms with E-state index in [9.17, 15) is 14.9 Å². The van der Waals surface area contributed by atoms with E-state index in [0.29, 0.717) is 18.8 Å². The number of nitrogens with one attached hydrogen (secondary N) is 2. The maximum Gasteiger partial charge on any atom is 0.315 e. The van der Waals surface area contributed by atoms with Gasteiger partial charge >= 0.3 is 6.03 Å². The van der Waals surface area contributed by atoms with Gasteiger partial charge in [-0.15, -0.1) is 11.3 Å². The van der Waals surface area contributed by atoms with E-state index in [0.717, 1.165) is 10.7 Å². The number of rotatable bonds is 7. The van der Waals surface area contributed by atoms with Crippen molar-refractivity contribution in [3.05, 3.63) is 50.5 Å². The highest BCUT2D eigenvalue weighted by Gasteiger charge is 2.05. The summed E-state index contributed by atoms with van der Waals surface area (Å²) in [5.74, 6) is 0.510. The van der Waals surface area contributed by atoms with Crippen LogP contribution in [-0.4, -0.2) is 29.1 Å². The molecule has 0 radical (unpaired) electrons. The minimum absolute atomic E-state index is 0.00660. The molecule has 0 saturated carbocycles. The van der Waals surface area contributed by atoms with Gasteiger partial charge in [0.25, 0.3) is 5.69 Å². The molecule has 2 N–H and O–H groups in total. The van der Waals surface area contributed by atoms with Crippen LogP contribution in [0, 0.1) is 17.0 Å². The quantitative estimate of drug-likeness (QED) is 0.458. The maximum absolute atomic E-state index is 11.6. The first kappa shape index (κ1) is 16.7. The molecule has 0 spiro atoms. The third kappa shape index (κ3) is 5.55. The van der Waals surface area contributed by atoms with Crippen LogP contribution >= 0.6 is 11.3 Å². The molecule has 0 aliphatic heterocycles. The molecule has 2 aromatic rings. The summed E-state index contributed by atoms with van der Waals surface area (Å²) < 4.78 is 5.38. The summed E-state index contributed by atoms with van der Waals surface area (Å²) in [6.07, 6.45) is 0. The van der Waals surface area contributed by atoms with Gasteiger partial charge in [-0.05, 0) is 19.1 Å². The number of non-ortho nitro benzene ring substituents is 1. The van der Waals surface area contributed by atoms with Gasteiger partial charge in [0.1, 0.15) is 12.4 Å². The average Bonchev–Trinajstić information content (AvgIpc) is 2.95. The van der Waals surface area contributed by atoms with Gasteiger partial charge in [0.2, 0.25) is 0 Å². The molecular formula is C14H16N4O4S. The second-order valence-electron chi connectivity index (χ2n) is 4.57. The van der Waals surface area contributed by atoms with E-state index in [1.54, 1.807) is 0 Å². The second-order valence-corrected chi connectivity index (χ2v) is 5.63. The molecule has 0 fully saturated rings. The zero-order valence-electron chi connectivity index (χ0n) is 12.4. The number of urea groups is 1. The predicted molar refractivity (Wildman–Crippen MR) is 85.7 cm³/mol. The number of aromatic nitrogens is 1. The molecule has 2 rings (SSSR count). The van der Waals surface area contributed by atoms with E-state index >= 15 is 0 Å². The van der Waals surface area contributed by atoms with Gasteiger partial charge in [-0.3, -0.25) is 10.1 Å². The van der Waals surface area contributed by atoms with Crippen LogP contribution in [-0.2, 0) is 6.54 Å². The van der Waals surface area contributed by atoms with Crippen LogP contribution in [0.1, 0.15) is 10.7 Å². The van der Waals surface area contributed by atoms with Crippen LogP contribution in [0.25, 0.3) is 0 Å². The van der Waals surface area contributed by atoms with Gasteiger partial charge in [0, 0.05) is 17.5 Å². The molecule has 122 valence electrons. The number of nitrogens with zero attached hydrogens (tertiary/aromatic N) is 2. The average molecular weight is 336 g/mol. The lowest BCUT2D eigenvalue weighted by molar-refractivity contribution is -0.384. The summed E-state index contributed by atoms with van der Waals surface area (Å²) in [6.45, 7) is 2.86. The Morgan fingerprint density at radius 1 is 1.35 bits per heavy atom. The second kappa shape index (κ2) is 8.08. The fourth-order valence-electron chi connectivity index (χ4n) is 1.72. The fourth-order valence-corrected chi connectivity index (χ4v) is 2.33. The van der Waals surface area contributed by atoms with Gasteiger partial charge in [0.15, 0.2) is 0 Å². The molecule has 0 atom stereocenters. The molecule has 0 saturated heterocycles. The van der Waals surface area contributed by atoms with Crippen molar-refractivity contribution in [3.63, 3.8) is 0 Å².